The lowest BCUT2D eigenvalue weighted by Crippen LogP contribution is -2.16. The van der Waals surface area contributed by atoms with Crippen molar-refractivity contribution in [2.75, 3.05) is 11.9 Å². The van der Waals surface area contributed by atoms with Crippen LogP contribution in [0.5, 0.6) is 11.5 Å². The minimum atomic E-state index is 0.969. The van der Waals surface area contributed by atoms with Gasteiger partial charge in [0.05, 0.1) is 11.4 Å². The molecule has 86 valence electrons. The predicted octanol–water partition coefficient (Wildman–Crippen LogP) is 4.18. The van der Waals surface area contributed by atoms with Crippen molar-refractivity contribution in [3.05, 3.63) is 47.5 Å². The molecular weight excluding hydrogens is 210 g/mol. The zero-order valence-electron chi connectivity index (χ0n) is 10.3. The highest BCUT2D eigenvalue weighted by Crippen LogP contribution is 2.48. The second kappa shape index (κ2) is 3.52. The first-order chi connectivity index (χ1) is 8.18. The van der Waals surface area contributed by atoms with Gasteiger partial charge in [-0.2, -0.15) is 0 Å². The third-order valence-corrected chi connectivity index (χ3v) is 3.31. The Hall–Kier alpha value is -1.96. The Labute approximate surface area is 101 Å². The number of aryl methyl sites for hydroxylation is 2. The zero-order valence-corrected chi connectivity index (χ0v) is 10.3. The zero-order chi connectivity index (χ0) is 12.0. The molecule has 2 heteroatoms. The van der Waals surface area contributed by atoms with E-state index in [1.165, 1.54) is 11.1 Å². The molecule has 17 heavy (non-hydrogen) atoms. The first-order valence-corrected chi connectivity index (χ1v) is 5.79. The lowest BCUT2D eigenvalue weighted by atomic mass is 10.1. The van der Waals surface area contributed by atoms with Crippen LogP contribution >= 0.6 is 0 Å². The molecule has 0 fully saturated rings. The van der Waals surface area contributed by atoms with Gasteiger partial charge in [0.1, 0.15) is 0 Å². The van der Waals surface area contributed by atoms with Gasteiger partial charge in [0.2, 0.25) is 0 Å². The first kappa shape index (κ1) is 10.2. The van der Waals surface area contributed by atoms with Gasteiger partial charge in [-0.3, -0.25) is 0 Å². The van der Waals surface area contributed by atoms with Crippen LogP contribution in [0.3, 0.4) is 0 Å². The average Bonchev–Trinajstić information content (AvgIpc) is 2.32. The second-order valence-electron chi connectivity index (χ2n) is 4.51. The van der Waals surface area contributed by atoms with Gasteiger partial charge in [0.25, 0.3) is 0 Å². The second-order valence-corrected chi connectivity index (χ2v) is 4.51. The summed E-state index contributed by atoms with van der Waals surface area (Å²) in [6.07, 6.45) is 0. The molecule has 2 nitrogen and oxygen atoms in total. The topological polar surface area (TPSA) is 12.5 Å². The summed E-state index contributed by atoms with van der Waals surface area (Å²) in [7, 11) is 2.08. The smallest absolute Gasteiger partial charge is 0.154 e. The number of rotatable bonds is 0. The third-order valence-electron chi connectivity index (χ3n) is 3.31. The lowest BCUT2D eigenvalue weighted by molar-refractivity contribution is 0.468. The highest BCUT2D eigenvalue weighted by Gasteiger charge is 2.23. The van der Waals surface area contributed by atoms with Gasteiger partial charge < -0.3 is 9.64 Å². The lowest BCUT2D eigenvalue weighted by Gasteiger charge is -2.31. The molecule has 0 saturated carbocycles. The van der Waals surface area contributed by atoms with Gasteiger partial charge in [0, 0.05) is 7.05 Å². The Morgan fingerprint density at radius 2 is 1.29 bits per heavy atom. The SMILES string of the molecule is Cc1cccc2c1Oc1c(C)cccc1N2C. The van der Waals surface area contributed by atoms with Crippen molar-refractivity contribution in [1.82, 2.24) is 0 Å². The highest BCUT2D eigenvalue weighted by molar-refractivity contribution is 5.79. The largest absolute Gasteiger partial charge is 0.452 e. The van der Waals surface area contributed by atoms with Crippen LogP contribution in [0.1, 0.15) is 11.1 Å². The van der Waals surface area contributed by atoms with Crippen LogP contribution in [0.2, 0.25) is 0 Å². The van der Waals surface area contributed by atoms with E-state index in [2.05, 4.69) is 62.2 Å². The number of benzene rings is 2. The number of ether oxygens (including phenoxy) is 1. The van der Waals surface area contributed by atoms with Crippen molar-refractivity contribution in [3.8, 4) is 11.5 Å². The maximum absolute atomic E-state index is 6.07. The van der Waals surface area contributed by atoms with Crippen molar-refractivity contribution in [2.24, 2.45) is 0 Å². The van der Waals surface area contributed by atoms with Crippen molar-refractivity contribution < 1.29 is 4.74 Å². The Morgan fingerprint density at radius 3 is 1.76 bits per heavy atom. The molecule has 0 atom stereocenters. The number of anilines is 2. The van der Waals surface area contributed by atoms with Gasteiger partial charge in [-0.1, -0.05) is 24.3 Å². The van der Waals surface area contributed by atoms with E-state index in [-0.39, 0.29) is 0 Å². The summed E-state index contributed by atoms with van der Waals surface area (Å²) in [5.74, 6) is 1.94. The van der Waals surface area contributed by atoms with Gasteiger partial charge in [0.15, 0.2) is 11.5 Å². The van der Waals surface area contributed by atoms with E-state index in [4.69, 9.17) is 4.74 Å². The molecular formula is C15H15NO. The summed E-state index contributed by atoms with van der Waals surface area (Å²) in [6, 6.07) is 12.5. The number of hydrogen-bond donors (Lipinski definition) is 0. The van der Waals surface area contributed by atoms with Gasteiger partial charge >= 0.3 is 0 Å². The quantitative estimate of drug-likeness (QED) is 0.667. The van der Waals surface area contributed by atoms with E-state index in [1.807, 2.05) is 0 Å². The third kappa shape index (κ3) is 1.41. The van der Waals surface area contributed by atoms with E-state index in [1.54, 1.807) is 0 Å². The van der Waals surface area contributed by atoms with Gasteiger partial charge in [-0.05, 0) is 37.1 Å². The van der Waals surface area contributed by atoms with E-state index >= 15 is 0 Å². The average molecular weight is 225 g/mol. The molecule has 0 bridgehead atoms. The summed E-state index contributed by atoms with van der Waals surface area (Å²) in [5, 5.41) is 0. The summed E-state index contributed by atoms with van der Waals surface area (Å²) < 4.78 is 6.07. The molecule has 2 aromatic rings. The fourth-order valence-corrected chi connectivity index (χ4v) is 2.30. The molecule has 0 unspecified atom stereocenters. The first-order valence-electron chi connectivity index (χ1n) is 5.79. The number of nitrogens with zero attached hydrogens (tertiary/aromatic N) is 1. The Morgan fingerprint density at radius 1 is 0.824 bits per heavy atom. The molecule has 1 aliphatic rings. The Balaban J connectivity index is 2.25. The van der Waals surface area contributed by atoms with Crippen LogP contribution in [0, 0.1) is 13.8 Å². The number of hydrogen-bond acceptors (Lipinski definition) is 2. The number of para-hydroxylation sites is 2. The molecule has 0 spiro atoms. The summed E-state index contributed by atoms with van der Waals surface area (Å²) in [4.78, 5) is 2.19. The van der Waals surface area contributed by atoms with E-state index in [9.17, 15) is 0 Å². The Kier molecular flexibility index (Phi) is 2.11. The maximum atomic E-state index is 6.07. The van der Waals surface area contributed by atoms with Crippen LogP contribution in [-0.2, 0) is 0 Å². The van der Waals surface area contributed by atoms with Crippen LogP contribution in [0.25, 0.3) is 0 Å². The monoisotopic (exact) mass is 225 g/mol. The van der Waals surface area contributed by atoms with Crippen LogP contribution < -0.4 is 9.64 Å². The molecule has 1 heterocycles. The molecule has 0 amide bonds. The molecule has 0 aromatic heterocycles. The molecule has 3 rings (SSSR count). The molecule has 1 aliphatic heterocycles. The molecule has 0 saturated heterocycles. The van der Waals surface area contributed by atoms with Crippen molar-refractivity contribution in [3.63, 3.8) is 0 Å². The van der Waals surface area contributed by atoms with Crippen LogP contribution in [-0.4, -0.2) is 7.05 Å². The minimum absolute atomic E-state index is 0.969. The fourth-order valence-electron chi connectivity index (χ4n) is 2.30. The molecule has 0 N–H and O–H groups in total. The fraction of sp³-hybridized carbons (Fsp3) is 0.200. The predicted molar refractivity (Wildman–Crippen MR) is 70.5 cm³/mol. The van der Waals surface area contributed by atoms with Crippen LogP contribution in [0.4, 0.5) is 11.4 Å². The summed E-state index contributed by atoms with van der Waals surface area (Å²) in [5.41, 5.74) is 4.60. The van der Waals surface area contributed by atoms with Crippen LogP contribution in [0.15, 0.2) is 36.4 Å². The highest BCUT2D eigenvalue weighted by atomic mass is 16.5. The minimum Gasteiger partial charge on any atom is -0.452 e. The van der Waals surface area contributed by atoms with Gasteiger partial charge in [-0.25, -0.2) is 0 Å². The normalized spacial score (nSPS) is 12.8. The van der Waals surface area contributed by atoms with E-state index in [0.717, 1.165) is 22.9 Å². The molecule has 2 aromatic carbocycles. The Bertz CT molecular complexity index is 538. The van der Waals surface area contributed by atoms with E-state index in [0.29, 0.717) is 0 Å². The van der Waals surface area contributed by atoms with Crippen molar-refractivity contribution in [1.29, 1.82) is 0 Å². The summed E-state index contributed by atoms with van der Waals surface area (Å²) >= 11 is 0. The van der Waals surface area contributed by atoms with Crippen molar-refractivity contribution >= 4 is 11.4 Å². The van der Waals surface area contributed by atoms with E-state index < -0.39 is 0 Å². The summed E-state index contributed by atoms with van der Waals surface area (Å²) in [6.45, 7) is 4.16. The standard InChI is InChI=1S/C15H15NO/c1-10-6-4-8-12-14(10)17-15-11(2)7-5-9-13(15)16(12)3/h4-9H,1-3H3. The molecule has 0 aliphatic carbocycles. The maximum Gasteiger partial charge on any atom is 0.154 e. The van der Waals surface area contributed by atoms with Crippen molar-refractivity contribution in [2.45, 2.75) is 13.8 Å². The molecule has 0 radical (unpaired) electrons. The van der Waals surface area contributed by atoms with Gasteiger partial charge in [-0.15, -0.1) is 0 Å². The number of fused-ring (bicyclic) bond motifs is 2.